The summed E-state index contributed by atoms with van der Waals surface area (Å²) in [5, 5.41) is 29.7. The second-order valence-electron chi connectivity index (χ2n) is 8.91. The molecule has 0 bridgehead atoms. The van der Waals surface area contributed by atoms with Crippen LogP contribution in [0.25, 0.3) is 5.76 Å². The zero-order chi connectivity index (χ0) is 23.5. The number of hydrogen-bond donors (Lipinski definition) is 4. The largest absolute Gasteiger partial charge is 0.507 e. The van der Waals surface area contributed by atoms with Crippen LogP contribution >= 0.6 is 0 Å². The van der Waals surface area contributed by atoms with Gasteiger partial charge in [-0.25, -0.2) is 0 Å². The maximum atomic E-state index is 13.2. The van der Waals surface area contributed by atoms with Crippen molar-refractivity contribution in [2.24, 2.45) is 5.92 Å². The molecule has 33 heavy (non-hydrogen) atoms. The van der Waals surface area contributed by atoms with Crippen LogP contribution in [-0.4, -0.2) is 33.2 Å². The monoisotopic (exact) mass is 450 g/mol. The molecule has 2 aliphatic rings. The van der Waals surface area contributed by atoms with Crippen molar-refractivity contribution in [1.29, 1.82) is 0 Å². The fourth-order valence-corrected chi connectivity index (χ4v) is 4.96. The van der Waals surface area contributed by atoms with Gasteiger partial charge in [0.25, 0.3) is 11.7 Å². The fourth-order valence-electron chi connectivity index (χ4n) is 4.96. The lowest BCUT2D eigenvalue weighted by atomic mass is 9.80. The van der Waals surface area contributed by atoms with Crippen LogP contribution in [0.15, 0.2) is 54.1 Å². The first-order valence-electron chi connectivity index (χ1n) is 11.5. The van der Waals surface area contributed by atoms with Gasteiger partial charge in [-0.05, 0) is 48.9 Å². The Morgan fingerprint density at radius 3 is 2.24 bits per heavy atom. The number of amides is 1. The van der Waals surface area contributed by atoms with E-state index < -0.39 is 17.7 Å². The zero-order valence-electron chi connectivity index (χ0n) is 18.7. The van der Waals surface area contributed by atoms with Crippen LogP contribution in [0.2, 0.25) is 0 Å². The molecule has 1 aliphatic carbocycles. The van der Waals surface area contributed by atoms with Crippen molar-refractivity contribution in [3.05, 3.63) is 70.8 Å². The van der Waals surface area contributed by atoms with Crippen molar-refractivity contribution in [2.45, 2.75) is 57.7 Å². The maximum absolute atomic E-state index is 13.2. The van der Waals surface area contributed by atoms with E-state index in [1.54, 1.807) is 36.4 Å². The SMILES string of the molecule is CC(NO)c1ccc(N2C(=O)C(=O)/C(=C(\O)c3ccc(CO)cc3)C2C2CCCCC2)cc1. The molecule has 1 saturated heterocycles. The Morgan fingerprint density at radius 1 is 1.03 bits per heavy atom. The lowest BCUT2D eigenvalue weighted by molar-refractivity contribution is -0.132. The van der Waals surface area contributed by atoms with Gasteiger partial charge in [-0.2, -0.15) is 5.48 Å². The van der Waals surface area contributed by atoms with Crippen LogP contribution in [-0.2, 0) is 16.2 Å². The Balaban J connectivity index is 1.79. The van der Waals surface area contributed by atoms with E-state index in [0.29, 0.717) is 16.8 Å². The highest BCUT2D eigenvalue weighted by Crippen LogP contribution is 2.41. The molecule has 2 atom stereocenters. The lowest BCUT2D eigenvalue weighted by Crippen LogP contribution is -2.40. The molecule has 0 radical (unpaired) electrons. The van der Waals surface area contributed by atoms with E-state index in [2.05, 4.69) is 5.48 Å². The maximum Gasteiger partial charge on any atom is 0.299 e. The molecule has 7 heteroatoms. The van der Waals surface area contributed by atoms with Crippen LogP contribution in [0.5, 0.6) is 0 Å². The van der Waals surface area contributed by atoms with Gasteiger partial charge in [0.1, 0.15) is 5.76 Å². The van der Waals surface area contributed by atoms with Gasteiger partial charge in [0, 0.05) is 11.3 Å². The van der Waals surface area contributed by atoms with Gasteiger partial charge >= 0.3 is 0 Å². The average molecular weight is 451 g/mol. The quantitative estimate of drug-likeness (QED) is 0.229. The molecule has 4 rings (SSSR count). The summed E-state index contributed by atoms with van der Waals surface area (Å²) in [5.74, 6) is -1.42. The number of aliphatic hydroxyl groups is 2. The van der Waals surface area contributed by atoms with E-state index in [9.17, 15) is 25.0 Å². The molecule has 4 N–H and O–H groups in total. The third-order valence-electron chi connectivity index (χ3n) is 6.86. The first-order chi connectivity index (χ1) is 16.0. The molecular formula is C26H30N2O5. The molecule has 1 heterocycles. The highest BCUT2D eigenvalue weighted by Gasteiger charge is 2.49. The number of benzene rings is 2. The summed E-state index contributed by atoms with van der Waals surface area (Å²) in [6.45, 7) is 1.69. The first-order valence-corrected chi connectivity index (χ1v) is 11.5. The number of hydroxylamine groups is 1. The predicted molar refractivity (Wildman–Crippen MR) is 125 cm³/mol. The van der Waals surface area contributed by atoms with E-state index in [1.165, 1.54) is 4.90 Å². The van der Waals surface area contributed by atoms with Crippen molar-refractivity contribution >= 4 is 23.1 Å². The molecule has 2 unspecified atom stereocenters. The molecular weight excluding hydrogens is 420 g/mol. The van der Waals surface area contributed by atoms with Crippen LogP contribution in [0, 0.1) is 5.92 Å². The second-order valence-corrected chi connectivity index (χ2v) is 8.91. The molecule has 1 amide bonds. The standard InChI is InChI=1S/C26H30N2O5/c1-16(27-33)18-11-13-21(14-12-18)28-23(19-5-3-2-4-6-19)22(25(31)26(28)32)24(30)20-9-7-17(15-29)8-10-20/h7-14,16,19,23,27,29-30,33H,2-6,15H2,1H3/b24-22-. The van der Waals surface area contributed by atoms with Crippen LogP contribution < -0.4 is 10.4 Å². The van der Waals surface area contributed by atoms with E-state index in [0.717, 1.165) is 37.7 Å². The number of ketones is 1. The number of anilines is 1. The molecule has 2 aromatic rings. The number of nitrogens with one attached hydrogen (secondary N) is 1. The lowest BCUT2D eigenvalue weighted by Gasteiger charge is -2.34. The number of rotatable bonds is 6. The highest BCUT2D eigenvalue weighted by atomic mass is 16.5. The van der Waals surface area contributed by atoms with Gasteiger partial charge in [0.2, 0.25) is 0 Å². The summed E-state index contributed by atoms with van der Waals surface area (Å²) in [7, 11) is 0. The van der Waals surface area contributed by atoms with E-state index in [1.807, 2.05) is 19.1 Å². The second kappa shape index (κ2) is 9.87. The molecule has 2 aromatic carbocycles. The minimum absolute atomic E-state index is 0.0701. The summed E-state index contributed by atoms with van der Waals surface area (Å²) in [6, 6.07) is 13.1. The molecule has 174 valence electrons. The van der Waals surface area contributed by atoms with Crippen molar-refractivity contribution in [3.63, 3.8) is 0 Å². The number of aliphatic hydroxyl groups excluding tert-OH is 2. The smallest absolute Gasteiger partial charge is 0.299 e. The topological polar surface area (TPSA) is 110 Å². The highest BCUT2D eigenvalue weighted by molar-refractivity contribution is 6.51. The zero-order valence-corrected chi connectivity index (χ0v) is 18.7. The number of nitrogens with zero attached hydrogens (tertiary/aromatic N) is 1. The van der Waals surface area contributed by atoms with Gasteiger partial charge in [-0.3, -0.25) is 14.5 Å². The summed E-state index contributed by atoms with van der Waals surface area (Å²) in [5.41, 5.74) is 4.94. The van der Waals surface area contributed by atoms with Crippen molar-refractivity contribution in [1.82, 2.24) is 5.48 Å². The Kier molecular flexibility index (Phi) is 6.93. The number of carbonyl (C=O) groups excluding carboxylic acids is 2. The Labute approximate surface area is 193 Å². The Bertz CT molecular complexity index is 1040. The molecule has 7 nitrogen and oxygen atoms in total. The van der Waals surface area contributed by atoms with Crippen molar-refractivity contribution in [2.75, 3.05) is 4.90 Å². The van der Waals surface area contributed by atoms with Gasteiger partial charge < -0.3 is 15.4 Å². The van der Waals surface area contributed by atoms with E-state index in [-0.39, 0.29) is 29.9 Å². The molecule has 0 spiro atoms. The summed E-state index contributed by atoms with van der Waals surface area (Å²) < 4.78 is 0. The fraction of sp³-hybridized carbons (Fsp3) is 0.385. The number of Topliss-reactive ketones (excluding diaryl/α,β-unsaturated/α-hetero) is 1. The van der Waals surface area contributed by atoms with Gasteiger partial charge in [-0.15, -0.1) is 0 Å². The summed E-state index contributed by atoms with van der Waals surface area (Å²) in [6.07, 6.45) is 4.93. The predicted octanol–water partition coefficient (Wildman–Crippen LogP) is 4.05. The van der Waals surface area contributed by atoms with Gasteiger partial charge in [0.05, 0.1) is 24.3 Å². The third kappa shape index (κ3) is 4.44. The number of hydrogen-bond acceptors (Lipinski definition) is 6. The average Bonchev–Trinajstić information content (AvgIpc) is 3.14. The van der Waals surface area contributed by atoms with Crippen LogP contribution in [0.3, 0.4) is 0 Å². The molecule has 1 aliphatic heterocycles. The van der Waals surface area contributed by atoms with Crippen LogP contribution in [0.1, 0.15) is 61.8 Å². The minimum Gasteiger partial charge on any atom is -0.507 e. The number of carbonyl (C=O) groups is 2. The van der Waals surface area contributed by atoms with Gasteiger partial charge in [0.15, 0.2) is 0 Å². The first kappa shape index (κ1) is 23.2. The Morgan fingerprint density at radius 2 is 1.67 bits per heavy atom. The van der Waals surface area contributed by atoms with Crippen molar-refractivity contribution in [3.8, 4) is 0 Å². The van der Waals surface area contributed by atoms with Gasteiger partial charge in [-0.1, -0.05) is 55.7 Å². The summed E-state index contributed by atoms with van der Waals surface area (Å²) >= 11 is 0. The Hall–Kier alpha value is -3.00. The van der Waals surface area contributed by atoms with Crippen LogP contribution in [0.4, 0.5) is 5.69 Å². The van der Waals surface area contributed by atoms with Crippen molar-refractivity contribution < 1.29 is 25.0 Å². The third-order valence-corrected chi connectivity index (χ3v) is 6.86. The molecule has 1 saturated carbocycles. The normalized spacial score (nSPS) is 22.0. The summed E-state index contributed by atoms with van der Waals surface area (Å²) in [4.78, 5) is 28.0. The van der Waals surface area contributed by atoms with E-state index in [4.69, 9.17) is 0 Å². The molecule has 2 fully saturated rings. The minimum atomic E-state index is -0.677. The van der Waals surface area contributed by atoms with E-state index >= 15 is 0 Å². The molecule has 0 aromatic heterocycles.